The third-order valence-electron chi connectivity index (χ3n) is 4.74. The number of rotatable bonds is 5. The van der Waals surface area contributed by atoms with E-state index in [-0.39, 0.29) is 11.4 Å². The van der Waals surface area contributed by atoms with Crippen LogP contribution in [-0.4, -0.2) is 27.4 Å². The second kappa shape index (κ2) is 7.94. The molecule has 1 aromatic rings. The zero-order valence-electron chi connectivity index (χ0n) is 15.3. The number of hydrogen-bond acceptors (Lipinski definition) is 2. The summed E-state index contributed by atoms with van der Waals surface area (Å²) in [4.78, 5) is 19.6. The molecule has 23 heavy (non-hydrogen) atoms. The average Bonchev–Trinajstić information content (AvgIpc) is 2.53. The summed E-state index contributed by atoms with van der Waals surface area (Å²) in [6, 6.07) is 4.34. The highest BCUT2D eigenvalue weighted by atomic mass is 16.2. The molecule has 0 atom stereocenters. The molecule has 1 fully saturated rings. The smallest absolute Gasteiger partial charge is 0.273 e. The van der Waals surface area contributed by atoms with Gasteiger partial charge in [0.15, 0.2) is 0 Å². The van der Waals surface area contributed by atoms with E-state index < -0.39 is 0 Å². The van der Waals surface area contributed by atoms with Crippen LogP contribution in [0.3, 0.4) is 0 Å². The molecule has 1 aliphatic carbocycles. The minimum absolute atomic E-state index is 0.0893. The van der Waals surface area contributed by atoms with Crippen molar-refractivity contribution in [2.75, 3.05) is 0 Å². The van der Waals surface area contributed by atoms with Crippen molar-refractivity contribution >= 4 is 5.91 Å². The Morgan fingerprint density at radius 2 is 1.91 bits per heavy atom. The van der Waals surface area contributed by atoms with Crippen LogP contribution in [0.15, 0.2) is 18.3 Å². The molecule has 0 saturated heterocycles. The molecule has 1 aliphatic rings. The number of amides is 1. The van der Waals surface area contributed by atoms with Crippen molar-refractivity contribution in [3.63, 3.8) is 0 Å². The lowest BCUT2D eigenvalue weighted by Crippen LogP contribution is -2.52. The second-order valence-electron chi connectivity index (χ2n) is 7.79. The summed E-state index contributed by atoms with van der Waals surface area (Å²) < 4.78 is 0. The Balaban J connectivity index is 2.16. The third kappa shape index (κ3) is 4.79. The fourth-order valence-electron chi connectivity index (χ4n) is 3.56. The first-order chi connectivity index (χ1) is 10.9. The Kier molecular flexibility index (Phi) is 6.20. The Morgan fingerprint density at radius 3 is 2.43 bits per heavy atom. The van der Waals surface area contributed by atoms with Crippen LogP contribution in [0.5, 0.6) is 0 Å². The van der Waals surface area contributed by atoms with Gasteiger partial charge in [-0.25, -0.2) is 0 Å². The Morgan fingerprint density at radius 1 is 1.22 bits per heavy atom. The zero-order valence-corrected chi connectivity index (χ0v) is 15.3. The van der Waals surface area contributed by atoms with Gasteiger partial charge < -0.3 is 4.90 Å². The van der Waals surface area contributed by atoms with Gasteiger partial charge in [-0.2, -0.15) is 0 Å². The summed E-state index contributed by atoms with van der Waals surface area (Å²) in [6.07, 6.45) is 11.3. The molecule has 3 nitrogen and oxygen atoms in total. The number of pyridine rings is 1. The van der Waals surface area contributed by atoms with E-state index >= 15 is 0 Å². The van der Waals surface area contributed by atoms with Gasteiger partial charge in [-0.1, -0.05) is 38.7 Å². The van der Waals surface area contributed by atoms with E-state index in [9.17, 15) is 4.79 Å². The minimum Gasteiger partial charge on any atom is -0.329 e. The molecule has 0 unspecified atom stereocenters. The van der Waals surface area contributed by atoms with E-state index in [2.05, 4.69) is 43.6 Å². The quantitative estimate of drug-likeness (QED) is 0.766. The van der Waals surface area contributed by atoms with Gasteiger partial charge in [-0.3, -0.25) is 9.78 Å². The summed E-state index contributed by atoms with van der Waals surface area (Å²) in [7, 11) is 0. The van der Waals surface area contributed by atoms with Crippen molar-refractivity contribution in [3.05, 3.63) is 29.6 Å². The maximum Gasteiger partial charge on any atom is 0.273 e. The summed E-state index contributed by atoms with van der Waals surface area (Å²) >= 11 is 0. The van der Waals surface area contributed by atoms with Gasteiger partial charge in [0.2, 0.25) is 0 Å². The van der Waals surface area contributed by atoms with Crippen molar-refractivity contribution < 1.29 is 4.79 Å². The van der Waals surface area contributed by atoms with Crippen LogP contribution in [0, 0.1) is 0 Å². The minimum atomic E-state index is -0.165. The van der Waals surface area contributed by atoms with Gasteiger partial charge in [-0.15, -0.1) is 0 Å². The van der Waals surface area contributed by atoms with Crippen LogP contribution in [0.4, 0.5) is 0 Å². The van der Waals surface area contributed by atoms with E-state index in [1.165, 1.54) is 37.7 Å². The van der Waals surface area contributed by atoms with E-state index in [0.717, 1.165) is 19.3 Å². The SMILES string of the molecule is CCCCc1ccc(C(=O)N(C2CCCCC2)C(C)(C)C)nc1. The molecule has 3 heteroatoms. The summed E-state index contributed by atoms with van der Waals surface area (Å²) in [5.41, 5.74) is 1.65. The molecule has 0 bridgehead atoms. The maximum absolute atomic E-state index is 13.1. The lowest BCUT2D eigenvalue weighted by molar-refractivity contribution is 0.0361. The van der Waals surface area contributed by atoms with E-state index in [1.54, 1.807) is 0 Å². The highest BCUT2D eigenvalue weighted by molar-refractivity contribution is 5.93. The lowest BCUT2D eigenvalue weighted by atomic mass is 9.90. The van der Waals surface area contributed by atoms with Gasteiger partial charge in [0.1, 0.15) is 5.69 Å². The van der Waals surface area contributed by atoms with E-state index in [0.29, 0.717) is 11.7 Å². The molecule has 2 rings (SSSR count). The number of nitrogens with zero attached hydrogens (tertiary/aromatic N) is 2. The third-order valence-corrected chi connectivity index (χ3v) is 4.74. The summed E-state index contributed by atoms with van der Waals surface area (Å²) in [5, 5.41) is 0. The van der Waals surface area contributed by atoms with Crippen LogP contribution < -0.4 is 0 Å². The number of carbonyl (C=O) groups excluding carboxylic acids is 1. The van der Waals surface area contributed by atoms with Gasteiger partial charge in [0.05, 0.1) is 0 Å². The van der Waals surface area contributed by atoms with Gasteiger partial charge >= 0.3 is 0 Å². The van der Waals surface area contributed by atoms with Crippen LogP contribution in [0.25, 0.3) is 0 Å². The number of aromatic nitrogens is 1. The Hall–Kier alpha value is -1.38. The lowest BCUT2D eigenvalue weighted by Gasteiger charge is -2.43. The first kappa shape index (κ1) is 18.0. The Bertz CT molecular complexity index is 495. The number of carbonyl (C=O) groups is 1. The molecule has 0 aliphatic heterocycles. The van der Waals surface area contributed by atoms with Crippen molar-refractivity contribution in [1.29, 1.82) is 0 Å². The highest BCUT2D eigenvalue weighted by Gasteiger charge is 2.34. The molecule has 0 spiro atoms. The molecular weight excluding hydrogens is 284 g/mol. The van der Waals surface area contributed by atoms with E-state index in [4.69, 9.17) is 0 Å². The number of hydrogen-bond donors (Lipinski definition) is 0. The zero-order chi connectivity index (χ0) is 16.9. The topological polar surface area (TPSA) is 33.2 Å². The van der Waals surface area contributed by atoms with E-state index in [1.807, 2.05) is 12.3 Å². The normalized spacial score (nSPS) is 16.3. The highest BCUT2D eigenvalue weighted by Crippen LogP contribution is 2.29. The molecule has 0 N–H and O–H groups in total. The molecule has 0 radical (unpaired) electrons. The van der Waals surface area contributed by atoms with Crippen molar-refractivity contribution in [2.45, 2.75) is 90.6 Å². The monoisotopic (exact) mass is 316 g/mol. The standard InChI is InChI=1S/C20H32N2O/c1-5-6-10-16-13-14-18(21-15-16)19(23)22(20(2,3)4)17-11-8-7-9-12-17/h13-15,17H,5-12H2,1-4H3. The number of aryl methyl sites for hydroxylation is 1. The Labute approximate surface area is 141 Å². The van der Waals surface area contributed by atoms with Crippen molar-refractivity contribution in [2.24, 2.45) is 0 Å². The van der Waals surface area contributed by atoms with Crippen LogP contribution in [0.1, 0.15) is 88.7 Å². The fourth-order valence-corrected chi connectivity index (χ4v) is 3.56. The molecular formula is C20H32N2O. The molecule has 1 saturated carbocycles. The average molecular weight is 316 g/mol. The van der Waals surface area contributed by atoms with Gasteiger partial charge in [0, 0.05) is 17.8 Å². The van der Waals surface area contributed by atoms with Gasteiger partial charge in [-0.05, 0) is 58.1 Å². The first-order valence-electron chi connectivity index (χ1n) is 9.22. The molecule has 128 valence electrons. The van der Waals surface area contributed by atoms with Crippen LogP contribution >= 0.6 is 0 Å². The molecule has 1 aromatic heterocycles. The molecule has 0 aromatic carbocycles. The predicted molar refractivity (Wildman–Crippen MR) is 95.6 cm³/mol. The summed E-state index contributed by atoms with van der Waals surface area (Å²) in [6.45, 7) is 8.59. The predicted octanol–water partition coefficient (Wildman–Crippen LogP) is 5.00. The number of unbranched alkanes of at least 4 members (excludes halogenated alkanes) is 1. The van der Waals surface area contributed by atoms with Crippen molar-refractivity contribution in [1.82, 2.24) is 9.88 Å². The van der Waals surface area contributed by atoms with Crippen molar-refractivity contribution in [3.8, 4) is 0 Å². The largest absolute Gasteiger partial charge is 0.329 e. The molecule has 1 amide bonds. The van der Waals surface area contributed by atoms with Gasteiger partial charge in [0.25, 0.3) is 5.91 Å². The van der Waals surface area contributed by atoms with Crippen LogP contribution in [-0.2, 0) is 6.42 Å². The van der Waals surface area contributed by atoms with Crippen LogP contribution in [0.2, 0.25) is 0 Å². The second-order valence-corrected chi connectivity index (χ2v) is 7.79. The summed E-state index contributed by atoms with van der Waals surface area (Å²) in [5.74, 6) is 0.0893. The fraction of sp³-hybridized carbons (Fsp3) is 0.700. The molecule has 1 heterocycles. The first-order valence-corrected chi connectivity index (χ1v) is 9.22. The maximum atomic E-state index is 13.1.